The highest BCUT2D eigenvalue weighted by Gasteiger charge is 2.40. The third-order valence-electron chi connectivity index (χ3n) is 5.01. The van der Waals surface area contributed by atoms with Gasteiger partial charge in [0.25, 0.3) is 0 Å². The minimum absolute atomic E-state index is 0.111. The average molecular weight is 266 g/mol. The first kappa shape index (κ1) is 14.8. The highest BCUT2D eigenvalue weighted by atomic mass is 16.2. The summed E-state index contributed by atoms with van der Waals surface area (Å²) in [5, 5.41) is 3.44. The second-order valence-corrected chi connectivity index (χ2v) is 6.65. The van der Waals surface area contributed by atoms with Crippen molar-refractivity contribution >= 4 is 5.91 Å². The van der Waals surface area contributed by atoms with Gasteiger partial charge < -0.3 is 10.2 Å². The van der Waals surface area contributed by atoms with Crippen molar-refractivity contribution < 1.29 is 4.79 Å². The summed E-state index contributed by atoms with van der Waals surface area (Å²) < 4.78 is 0. The summed E-state index contributed by atoms with van der Waals surface area (Å²) in [5.74, 6) is 1.15. The Morgan fingerprint density at radius 1 is 1.32 bits per heavy atom. The number of carbonyl (C=O) groups is 1. The van der Waals surface area contributed by atoms with Crippen LogP contribution in [0.1, 0.15) is 58.3 Å². The molecule has 0 bridgehead atoms. The molecule has 2 aliphatic rings. The minimum Gasteiger partial charge on any atom is -0.345 e. The van der Waals surface area contributed by atoms with Gasteiger partial charge in [0, 0.05) is 20.1 Å². The van der Waals surface area contributed by atoms with Crippen LogP contribution in [0, 0.1) is 11.3 Å². The number of nitrogens with zero attached hydrogens (tertiary/aromatic N) is 1. The van der Waals surface area contributed by atoms with Gasteiger partial charge in [0.2, 0.25) is 5.91 Å². The fraction of sp³-hybridized carbons (Fsp3) is 0.938. The van der Waals surface area contributed by atoms with Gasteiger partial charge in [0.15, 0.2) is 0 Å². The van der Waals surface area contributed by atoms with Gasteiger partial charge in [-0.3, -0.25) is 4.79 Å². The van der Waals surface area contributed by atoms with Crippen molar-refractivity contribution in [3.8, 4) is 0 Å². The standard InChI is InChI=1S/C16H30N2O/c1-3-9-16(10-6-11-17-13-16)15(19)18(2)12-14-7-4-5-8-14/h14,17H,3-13H2,1-2H3. The van der Waals surface area contributed by atoms with Gasteiger partial charge in [-0.15, -0.1) is 0 Å². The summed E-state index contributed by atoms with van der Waals surface area (Å²) in [6, 6.07) is 0. The number of piperidine rings is 1. The SMILES string of the molecule is CCCC1(C(=O)N(C)CC2CCCC2)CCCNC1. The van der Waals surface area contributed by atoms with E-state index in [9.17, 15) is 4.79 Å². The number of hydrogen-bond acceptors (Lipinski definition) is 2. The molecular formula is C16H30N2O. The number of amides is 1. The molecule has 0 spiro atoms. The largest absolute Gasteiger partial charge is 0.345 e. The van der Waals surface area contributed by atoms with E-state index >= 15 is 0 Å². The van der Waals surface area contributed by atoms with Gasteiger partial charge in [0.05, 0.1) is 5.41 Å². The predicted molar refractivity (Wildman–Crippen MR) is 79.0 cm³/mol. The van der Waals surface area contributed by atoms with Crippen LogP contribution in [-0.4, -0.2) is 37.5 Å². The van der Waals surface area contributed by atoms with Gasteiger partial charge in [-0.25, -0.2) is 0 Å². The Hall–Kier alpha value is -0.570. The van der Waals surface area contributed by atoms with Crippen molar-refractivity contribution in [2.24, 2.45) is 11.3 Å². The normalized spacial score (nSPS) is 28.5. The average Bonchev–Trinajstić information content (AvgIpc) is 2.92. The second-order valence-electron chi connectivity index (χ2n) is 6.65. The Kier molecular flexibility index (Phi) is 5.26. The van der Waals surface area contributed by atoms with Crippen LogP contribution in [0.15, 0.2) is 0 Å². The van der Waals surface area contributed by atoms with Crippen molar-refractivity contribution in [2.45, 2.75) is 58.3 Å². The number of carbonyl (C=O) groups excluding carboxylic acids is 1. The van der Waals surface area contributed by atoms with Crippen LogP contribution in [0.3, 0.4) is 0 Å². The van der Waals surface area contributed by atoms with E-state index in [1.165, 1.54) is 25.7 Å². The molecule has 0 aromatic heterocycles. The van der Waals surface area contributed by atoms with Gasteiger partial charge in [-0.1, -0.05) is 26.2 Å². The van der Waals surface area contributed by atoms with E-state index in [4.69, 9.17) is 0 Å². The van der Waals surface area contributed by atoms with Crippen LogP contribution in [0.25, 0.3) is 0 Å². The van der Waals surface area contributed by atoms with Crippen LogP contribution < -0.4 is 5.32 Å². The quantitative estimate of drug-likeness (QED) is 0.830. The summed E-state index contributed by atoms with van der Waals surface area (Å²) in [7, 11) is 2.02. The third-order valence-corrected chi connectivity index (χ3v) is 5.01. The molecule has 1 N–H and O–H groups in total. The first-order valence-corrected chi connectivity index (χ1v) is 8.14. The Morgan fingerprint density at radius 3 is 2.63 bits per heavy atom. The zero-order valence-electron chi connectivity index (χ0n) is 12.7. The van der Waals surface area contributed by atoms with Gasteiger partial charge in [0.1, 0.15) is 0 Å². The molecule has 3 nitrogen and oxygen atoms in total. The molecule has 1 aliphatic carbocycles. The molecule has 1 saturated heterocycles. The third kappa shape index (κ3) is 3.50. The molecule has 2 rings (SSSR count). The Bertz CT molecular complexity index is 286. The van der Waals surface area contributed by atoms with Crippen molar-refractivity contribution in [1.29, 1.82) is 0 Å². The lowest BCUT2D eigenvalue weighted by molar-refractivity contribution is -0.143. The molecule has 0 aromatic rings. The first-order valence-electron chi connectivity index (χ1n) is 8.14. The van der Waals surface area contributed by atoms with Gasteiger partial charge >= 0.3 is 0 Å². The molecule has 2 fully saturated rings. The van der Waals surface area contributed by atoms with E-state index in [2.05, 4.69) is 12.2 Å². The van der Waals surface area contributed by atoms with Crippen LogP contribution >= 0.6 is 0 Å². The van der Waals surface area contributed by atoms with Crippen LogP contribution in [0.4, 0.5) is 0 Å². The van der Waals surface area contributed by atoms with E-state index in [0.29, 0.717) is 5.91 Å². The van der Waals surface area contributed by atoms with E-state index in [1.807, 2.05) is 11.9 Å². The molecule has 1 amide bonds. The lowest BCUT2D eigenvalue weighted by Gasteiger charge is -2.39. The van der Waals surface area contributed by atoms with Crippen LogP contribution in [-0.2, 0) is 4.79 Å². The monoisotopic (exact) mass is 266 g/mol. The molecule has 1 unspecified atom stereocenters. The lowest BCUT2D eigenvalue weighted by atomic mass is 9.75. The highest BCUT2D eigenvalue weighted by Crippen LogP contribution is 2.34. The van der Waals surface area contributed by atoms with E-state index in [0.717, 1.165) is 51.2 Å². The molecule has 1 heterocycles. The van der Waals surface area contributed by atoms with Crippen LogP contribution in [0.5, 0.6) is 0 Å². The minimum atomic E-state index is -0.111. The fourth-order valence-corrected chi connectivity index (χ4v) is 4.02. The second kappa shape index (κ2) is 6.74. The Labute approximate surface area is 118 Å². The summed E-state index contributed by atoms with van der Waals surface area (Å²) in [6.07, 6.45) is 9.69. The molecule has 19 heavy (non-hydrogen) atoms. The number of rotatable bonds is 5. The lowest BCUT2D eigenvalue weighted by Crippen LogP contribution is -2.51. The molecular weight excluding hydrogens is 236 g/mol. The maximum absolute atomic E-state index is 12.9. The zero-order chi connectivity index (χ0) is 13.7. The van der Waals surface area contributed by atoms with Crippen molar-refractivity contribution in [3.63, 3.8) is 0 Å². The number of hydrogen-bond donors (Lipinski definition) is 1. The van der Waals surface area contributed by atoms with Crippen LogP contribution in [0.2, 0.25) is 0 Å². The maximum atomic E-state index is 12.9. The summed E-state index contributed by atoms with van der Waals surface area (Å²) >= 11 is 0. The van der Waals surface area contributed by atoms with Gasteiger partial charge in [-0.05, 0) is 44.6 Å². The topological polar surface area (TPSA) is 32.3 Å². The van der Waals surface area contributed by atoms with Crippen molar-refractivity contribution in [1.82, 2.24) is 10.2 Å². The molecule has 1 atom stereocenters. The Morgan fingerprint density at radius 2 is 2.05 bits per heavy atom. The van der Waals surface area contributed by atoms with E-state index in [-0.39, 0.29) is 5.41 Å². The van der Waals surface area contributed by atoms with Crippen molar-refractivity contribution in [2.75, 3.05) is 26.7 Å². The number of nitrogens with one attached hydrogen (secondary N) is 1. The van der Waals surface area contributed by atoms with E-state index in [1.54, 1.807) is 0 Å². The smallest absolute Gasteiger partial charge is 0.229 e. The Balaban J connectivity index is 1.96. The molecule has 1 aliphatic heterocycles. The fourth-order valence-electron chi connectivity index (χ4n) is 4.02. The summed E-state index contributed by atoms with van der Waals surface area (Å²) in [6.45, 7) is 5.13. The summed E-state index contributed by atoms with van der Waals surface area (Å²) in [5.41, 5.74) is -0.111. The predicted octanol–water partition coefficient (Wildman–Crippen LogP) is 2.80. The molecule has 1 saturated carbocycles. The highest BCUT2D eigenvalue weighted by molar-refractivity contribution is 5.83. The maximum Gasteiger partial charge on any atom is 0.229 e. The van der Waals surface area contributed by atoms with E-state index < -0.39 is 0 Å². The first-order chi connectivity index (χ1) is 9.18. The zero-order valence-corrected chi connectivity index (χ0v) is 12.7. The summed E-state index contributed by atoms with van der Waals surface area (Å²) in [4.78, 5) is 14.9. The molecule has 0 aromatic carbocycles. The molecule has 110 valence electrons. The van der Waals surface area contributed by atoms with Crippen molar-refractivity contribution in [3.05, 3.63) is 0 Å². The van der Waals surface area contributed by atoms with Gasteiger partial charge in [-0.2, -0.15) is 0 Å². The molecule has 0 radical (unpaired) electrons. The molecule has 3 heteroatoms.